The predicted molar refractivity (Wildman–Crippen MR) is 120 cm³/mol. The molecule has 1 heterocycles. The fourth-order valence-corrected chi connectivity index (χ4v) is 5.04. The number of para-hydroxylation sites is 1. The Morgan fingerprint density at radius 1 is 0.828 bits per heavy atom. The SMILES string of the molecule is CC1(C)C[C@](C)(c2ccccc2)c2ccccc2N1C(=O)CCc1ccccc1. The summed E-state index contributed by atoms with van der Waals surface area (Å²) in [6.07, 6.45) is 2.17. The van der Waals surface area contributed by atoms with E-state index in [-0.39, 0.29) is 16.9 Å². The normalized spacial score (nSPS) is 20.2. The molecule has 2 heteroatoms. The van der Waals surface area contributed by atoms with Gasteiger partial charge in [-0.15, -0.1) is 0 Å². The van der Waals surface area contributed by atoms with Gasteiger partial charge in [0.05, 0.1) is 0 Å². The van der Waals surface area contributed by atoms with Crippen LogP contribution in [0.3, 0.4) is 0 Å². The van der Waals surface area contributed by atoms with Crippen LogP contribution >= 0.6 is 0 Å². The van der Waals surface area contributed by atoms with Gasteiger partial charge >= 0.3 is 0 Å². The Labute approximate surface area is 174 Å². The summed E-state index contributed by atoms with van der Waals surface area (Å²) in [6, 6.07) is 29.4. The number of aryl methyl sites for hydroxylation is 1. The third-order valence-corrected chi connectivity index (χ3v) is 6.26. The molecule has 0 N–H and O–H groups in total. The fourth-order valence-electron chi connectivity index (χ4n) is 5.04. The molecule has 1 amide bonds. The Morgan fingerprint density at radius 3 is 2.10 bits per heavy atom. The van der Waals surface area contributed by atoms with Gasteiger partial charge in [0, 0.05) is 23.1 Å². The number of carbonyl (C=O) groups is 1. The molecule has 29 heavy (non-hydrogen) atoms. The van der Waals surface area contributed by atoms with Crippen molar-refractivity contribution < 1.29 is 4.79 Å². The van der Waals surface area contributed by atoms with E-state index >= 15 is 0 Å². The second-order valence-electron chi connectivity index (χ2n) is 8.92. The fraction of sp³-hybridized carbons (Fsp3) is 0.296. The lowest BCUT2D eigenvalue weighted by atomic mass is 9.65. The number of nitrogens with zero attached hydrogens (tertiary/aromatic N) is 1. The lowest BCUT2D eigenvalue weighted by Gasteiger charge is -2.51. The number of amides is 1. The summed E-state index contributed by atoms with van der Waals surface area (Å²) in [5.41, 5.74) is 4.39. The highest BCUT2D eigenvalue weighted by atomic mass is 16.2. The van der Waals surface area contributed by atoms with Gasteiger partial charge in [-0.05, 0) is 49.4 Å². The van der Waals surface area contributed by atoms with Crippen LogP contribution < -0.4 is 4.90 Å². The molecule has 4 rings (SSSR count). The maximum atomic E-state index is 13.4. The van der Waals surface area contributed by atoms with E-state index in [1.165, 1.54) is 16.7 Å². The van der Waals surface area contributed by atoms with Crippen LogP contribution in [-0.4, -0.2) is 11.4 Å². The molecular weight excluding hydrogens is 354 g/mol. The Morgan fingerprint density at radius 2 is 1.41 bits per heavy atom. The molecule has 0 saturated heterocycles. The lowest BCUT2D eigenvalue weighted by Crippen LogP contribution is -2.55. The first-order valence-electron chi connectivity index (χ1n) is 10.4. The van der Waals surface area contributed by atoms with E-state index < -0.39 is 0 Å². The minimum atomic E-state index is -0.271. The average Bonchev–Trinajstić information content (AvgIpc) is 2.73. The monoisotopic (exact) mass is 383 g/mol. The van der Waals surface area contributed by atoms with Crippen molar-refractivity contribution in [3.05, 3.63) is 102 Å². The molecule has 1 aliphatic heterocycles. The molecule has 0 spiro atoms. The second-order valence-corrected chi connectivity index (χ2v) is 8.92. The molecule has 148 valence electrons. The Bertz CT molecular complexity index is 993. The van der Waals surface area contributed by atoms with Crippen molar-refractivity contribution >= 4 is 11.6 Å². The van der Waals surface area contributed by atoms with Crippen LogP contribution in [0.15, 0.2) is 84.9 Å². The molecule has 0 radical (unpaired) electrons. The van der Waals surface area contributed by atoms with Crippen LogP contribution in [-0.2, 0) is 16.6 Å². The number of hydrogen-bond donors (Lipinski definition) is 0. The van der Waals surface area contributed by atoms with E-state index in [2.05, 4.69) is 86.3 Å². The molecule has 0 aromatic heterocycles. The molecule has 2 nitrogen and oxygen atoms in total. The highest BCUT2D eigenvalue weighted by Crippen LogP contribution is 2.50. The molecule has 1 atom stereocenters. The molecule has 0 bridgehead atoms. The van der Waals surface area contributed by atoms with Crippen molar-refractivity contribution in [2.45, 2.75) is 51.0 Å². The van der Waals surface area contributed by atoms with E-state index in [1.807, 2.05) is 24.3 Å². The first kappa shape index (κ1) is 19.4. The Kier molecular flexibility index (Phi) is 5.04. The molecular formula is C27H29NO. The van der Waals surface area contributed by atoms with Gasteiger partial charge in [-0.1, -0.05) is 85.8 Å². The first-order chi connectivity index (χ1) is 13.9. The van der Waals surface area contributed by atoms with Crippen molar-refractivity contribution in [2.24, 2.45) is 0 Å². The largest absolute Gasteiger partial charge is 0.307 e. The van der Waals surface area contributed by atoms with Crippen molar-refractivity contribution in [3.8, 4) is 0 Å². The minimum Gasteiger partial charge on any atom is -0.307 e. The first-order valence-corrected chi connectivity index (χ1v) is 10.4. The van der Waals surface area contributed by atoms with Crippen molar-refractivity contribution in [1.29, 1.82) is 0 Å². The number of fused-ring (bicyclic) bond motifs is 1. The standard InChI is InChI=1S/C27H29NO/c1-26(2)20-27(3,22-14-8-5-9-15-22)23-16-10-11-17-24(23)28(26)25(29)19-18-21-12-6-4-7-13-21/h4-17H,18-20H2,1-3H3/t27-/m1/s1. The van der Waals surface area contributed by atoms with E-state index in [0.29, 0.717) is 6.42 Å². The van der Waals surface area contributed by atoms with Crippen LogP contribution in [0.5, 0.6) is 0 Å². The molecule has 1 aliphatic rings. The zero-order chi connectivity index (χ0) is 20.5. The van der Waals surface area contributed by atoms with Crippen LogP contribution in [0.4, 0.5) is 5.69 Å². The van der Waals surface area contributed by atoms with Crippen molar-refractivity contribution in [3.63, 3.8) is 0 Å². The van der Waals surface area contributed by atoms with Crippen molar-refractivity contribution in [1.82, 2.24) is 0 Å². The van der Waals surface area contributed by atoms with Crippen LogP contribution in [0, 0.1) is 0 Å². The molecule has 0 unspecified atom stereocenters. The predicted octanol–water partition coefficient (Wildman–Crippen LogP) is 6.14. The summed E-state index contributed by atoms with van der Waals surface area (Å²) in [4.78, 5) is 15.5. The summed E-state index contributed by atoms with van der Waals surface area (Å²) in [5.74, 6) is 0.196. The molecule has 3 aromatic rings. The summed E-state index contributed by atoms with van der Waals surface area (Å²) in [7, 11) is 0. The molecule has 3 aromatic carbocycles. The molecule has 0 aliphatic carbocycles. The smallest absolute Gasteiger partial charge is 0.227 e. The highest BCUT2D eigenvalue weighted by Gasteiger charge is 2.47. The van der Waals surface area contributed by atoms with E-state index in [9.17, 15) is 4.79 Å². The zero-order valence-electron chi connectivity index (χ0n) is 17.6. The third-order valence-electron chi connectivity index (χ3n) is 6.26. The quantitative estimate of drug-likeness (QED) is 0.530. The number of carbonyl (C=O) groups excluding carboxylic acids is 1. The average molecular weight is 384 g/mol. The second kappa shape index (κ2) is 7.51. The van der Waals surface area contributed by atoms with E-state index in [0.717, 1.165) is 18.5 Å². The Balaban J connectivity index is 1.71. The molecule has 0 saturated carbocycles. The van der Waals surface area contributed by atoms with E-state index in [4.69, 9.17) is 0 Å². The van der Waals surface area contributed by atoms with Crippen LogP contribution in [0.1, 0.15) is 50.3 Å². The van der Waals surface area contributed by atoms with Gasteiger partial charge in [0.1, 0.15) is 0 Å². The number of rotatable bonds is 4. The van der Waals surface area contributed by atoms with Gasteiger partial charge < -0.3 is 4.90 Å². The Hall–Kier alpha value is -2.87. The number of hydrogen-bond acceptors (Lipinski definition) is 1. The van der Waals surface area contributed by atoms with Gasteiger partial charge in [-0.3, -0.25) is 4.79 Å². The number of anilines is 1. The zero-order valence-corrected chi connectivity index (χ0v) is 17.6. The van der Waals surface area contributed by atoms with Gasteiger partial charge in [0.25, 0.3) is 0 Å². The van der Waals surface area contributed by atoms with Gasteiger partial charge in [0.2, 0.25) is 5.91 Å². The van der Waals surface area contributed by atoms with Gasteiger partial charge in [-0.2, -0.15) is 0 Å². The van der Waals surface area contributed by atoms with Crippen molar-refractivity contribution in [2.75, 3.05) is 4.90 Å². The highest BCUT2D eigenvalue weighted by molar-refractivity contribution is 5.96. The van der Waals surface area contributed by atoms with Gasteiger partial charge in [-0.25, -0.2) is 0 Å². The summed E-state index contributed by atoms with van der Waals surface area (Å²) in [6.45, 7) is 6.71. The van der Waals surface area contributed by atoms with Crippen LogP contribution in [0.2, 0.25) is 0 Å². The lowest BCUT2D eigenvalue weighted by molar-refractivity contribution is -0.119. The van der Waals surface area contributed by atoms with E-state index in [1.54, 1.807) is 0 Å². The summed E-state index contributed by atoms with van der Waals surface area (Å²) >= 11 is 0. The summed E-state index contributed by atoms with van der Waals surface area (Å²) in [5, 5.41) is 0. The van der Waals surface area contributed by atoms with Gasteiger partial charge in [0.15, 0.2) is 0 Å². The maximum Gasteiger partial charge on any atom is 0.227 e. The molecule has 0 fully saturated rings. The van der Waals surface area contributed by atoms with Crippen LogP contribution in [0.25, 0.3) is 0 Å². The third kappa shape index (κ3) is 3.60. The number of benzene rings is 3. The topological polar surface area (TPSA) is 20.3 Å². The maximum absolute atomic E-state index is 13.4. The summed E-state index contributed by atoms with van der Waals surface area (Å²) < 4.78 is 0. The minimum absolute atomic E-state index is 0.127.